The molecule has 1 N–H and O–H groups in total. The molecule has 0 radical (unpaired) electrons. The molecule has 2 nitrogen and oxygen atoms in total. The van der Waals surface area contributed by atoms with E-state index in [1.165, 1.54) is 5.57 Å². The van der Waals surface area contributed by atoms with Gasteiger partial charge in [0.05, 0.1) is 12.1 Å². The van der Waals surface area contributed by atoms with Crippen molar-refractivity contribution in [3.63, 3.8) is 0 Å². The standard InChI is InChI=1S/C8H13NO/c1-6-2-4-9-5-3-7(10)8(6)9/h7-8,10H,1-5H2/t7-,8?/m1/s1. The predicted octanol–water partition coefficient (Wildman–Crippen LogP) is 0.382. The summed E-state index contributed by atoms with van der Waals surface area (Å²) in [5.74, 6) is 0. The first-order chi connectivity index (χ1) is 4.79. The summed E-state index contributed by atoms with van der Waals surface area (Å²) < 4.78 is 0. The van der Waals surface area contributed by atoms with Crippen LogP contribution in [-0.4, -0.2) is 35.2 Å². The van der Waals surface area contributed by atoms with E-state index in [0.29, 0.717) is 6.04 Å². The summed E-state index contributed by atoms with van der Waals surface area (Å²) in [5, 5.41) is 9.47. The Morgan fingerprint density at radius 2 is 2.30 bits per heavy atom. The monoisotopic (exact) mass is 139 g/mol. The van der Waals surface area contributed by atoms with Crippen LogP contribution < -0.4 is 0 Å². The lowest BCUT2D eigenvalue weighted by molar-refractivity contribution is 0.151. The number of fused-ring (bicyclic) bond motifs is 1. The third-order valence-corrected chi connectivity index (χ3v) is 2.61. The molecule has 2 heterocycles. The second-order valence-corrected chi connectivity index (χ2v) is 3.25. The minimum atomic E-state index is -0.130. The summed E-state index contributed by atoms with van der Waals surface area (Å²) in [7, 11) is 0. The lowest BCUT2D eigenvalue weighted by Crippen LogP contribution is -2.29. The summed E-state index contributed by atoms with van der Waals surface area (Å²) in [6, 6.07) is 0.306. The number of aliphatic hydroxyl groups excluding tert-OH is 1. The normalized spacial score (nSPS) is 40.7. The lowest BCUT2D eigenvalue weighted by Gasteiger charge is -2.16. The highest BCUT2D eigenvalue weighted by Gasteiger charge is 2.38. The summed E-state index contributed by atoms with van der Waals surface area (Å²) in [6.45, 7) is 6.12. The molecule has 2 fully saturated rings. The van der Waals surface area contributed by atoms with E-state index in [-0.39, 0.29) is 6.10 Å². The fraction of sp³-hybridized carbons (Fsp3) is 0.750. The highest BCUT2D eigenvalue weighted by molar-refractivity contribution is 5.17. The molecule has 56 valence electrons. The van der Waals surface area contributed by atoms with Gasteiger partial charge in [-0.15, -0.1) is 0 Å². The summed E-state index contributed by atoms with van der Waals surface area (Å²) in [6.07, 6.45) is 1.89. The maximum Gasteiger partial charge on any atom is 0.0745 e. The molecule has 0 aromatic rings. The van der Waals surface area contributed by atoms with Crippen molar-refractivity contribution < 1.29 is 5.11 Å². The number of aliphatic hydroxyl groups is 1. The summed E-state index contributed by atoms with van der Waals surface area (Å²) in [4.78, 5) is 2.33. The van der Waals surface area contributed by atoms with Crippen LogP contribution in [0.25, 0.3) is 0 Å². The van der Waals surface area contributed by atoms with E-state index in [1.54, 1.807) is 0 Å². The molecule has 0 saturated carbocycles. The zero-order valence-electron chi connectivity index (χ0n) is 6.08. The van der Waals surface area contributed by atoms with Gasteiger partial charge in [-0.25, -0.2) is 0 Å². The molecule has 0 amide bonds. The maximum atomic E-state index is 9.47. The maximum absolute atomic E-state index is 9.47. The lowest BCUT2D eigenvalue weighted by atomic mass is 10.1. The minimum Gasteiger partial charge on any atom is -0.391 e. The van der Waals surface area contributed by atoms with Gasteiger partial charge in [-0.2, -0.15) is 0 Å². The fourth-order valence-corrected chi connectivity index (χ4v) is 2.05. The SMILES string of the molecule is C=C1CCN2CC[C@@H](O)C12. The van der Waals surface area contributed by atoms with Crippen molar-refractivity contribution in [2.75, 3.05) is 13.1 Å². The van der Waals surface area contributed by atoms with Crippen LogP contribution in [0.5, 0.6) is 0 Å². The van der Waals surface area contributed by atoms with E-state index in [4.69, 9.17) is 0 Å². The zero-order chi connectivity index (χ0) is 7.14. The van der Waals surface area contributed by atoms with Gasteiger partial charge >= 0.3 is 0 Å². The van der Waals surface area contributed by atoms with Crippen LogP contribution in [0, 0.1) is 0 Å². The first-order valence-electron chi connectivity index (χ1n) is 3.89. The molecule has 1 unspecified atom stereocenters. The van der Waals surface area contributed by atoms with E-state index < -0.39 is 0 Å². The molecular formula is C8H13NO. The van der Waals surface area contributed by atoms with Crippen molar-refractivity contribution in [3.8, 4) is 0 Å². The van der Waals surface area contributed by atoms with Crippen LogP contribution in [0.1, 0.15) is 12.8 Å². The number of rotatable bonds is 0. The highest BCUT2D eigenvalue weighted by Crippen LogP contribution is 2.30. The molecule has 2 aliphatic heterocycles. The molecule has 0 aliphatic carbocycles. The van der Waals surface area contributed by atoms with Gasteiger partial charge in [0.2, 0.25) is 0 Å². The van der Waals surface area contributed by atoms with Crippen LogP contribution in [0.3, 0.4) is 0 Å². The van der Waals surface area contributed by atoms with Crippen molar-refractivity contribution in [1.82, 2.24) is 4.90 Å². The van der Waals surface area contributed by atoms with Crippen LogP contribution in [0.4, 0.5) is 0 Å². The van der Waals surface area contributed by atoms with E-state index in [2.05, 4.69) is 11.5 Å². The van der Waals surface area contributed by atoms with E-state index in [1.807, 2.05) is 0 Å². The Morgan fingerprint density at radius 1 is 1.50 bits per heavy atom. The molecule has 2 aliphatic rings. The Balaban J connectivity index is 2.19. The number of hydrogen-bond acceptors (Lipinski definition) is 2. The third kappa shape index (κ3) is 0.724. The number of hydrogen-bond donors (Lipinski definition) is 1. The molecule has 10 heavy (non-hydrogen) atoms. The van der Waals surface area contributed by atoms with Crippen molar-refractivity contribution in [3.05, 3.63) is 12.2 Å². The molecular weight excluding hydrogens is 126 g/mol. The predicted molar refractivity (Wildman–Crippen MR) is 39.7 cm³/mol. The smallest absolute Gasteiger partial charge is 0.0745 e. The van der Waals surface area contributed by atoms with Crippen molar-refractivity contribution in [2.24, 2.45) is 0 Å². The zero-order valence-corrected chi connectivity index (χ0v) is 6.08. The Morgan fingerprint density at radius 3 is 3.00 bits per heavy atom. The Labute approximate surface area is 61.1 Å². The van der Waals surface area contributed by atoms with E-state index in [9.17, 15) is 5.11 Å². The number of nitrogens with zero attached hydrogens (tertiary/aromatic N) is 1. The molecule has 0 aromatic heterocycles. The van der Waals surface area contributed by atoms with Crippen LogP contribution in [0.15, 0.2) is 12.2 Å². The third-order valence-electron chi connectivity index (χ3n) is 2.61. The van der Waals surface area contributed by atoms with Gasteiger partial charge < -0.3 is 5.11 Å². The van der Waals surface area contributed by atoms with Gasteiger partial charge in [-0.3, -0.25) is 4.90 Å². The quantitative estimate of drug-likeness (QED) is 0.490. The van der Waals surface area contributed by atoms with Crippen molar-refractivity contribution in [2.45, 2.75) is 25.0 Å². The Kier molecular flexibility index (Phi) is 1.32. The first-order valence-corrected chi connectivity index (χ1v) is 3.89. The highest BCUT2D eigenvalue weighted by atomic mass is 16.3. The molecule has 2 atom stereocenters. The summed E-state index contributed by atoms with van der Waals surface area (Å²) in [5.41, 5.74) is 1.23. The van der Waals surface area contributed by atoms with Gasteiger partial charge in [0, 0.05) is 13.1 Å². The van der Waals surface area contributed by atoms with Crippen LogP contribution in [0.2, 0.25) is 0 Å². The second-order valence-electron chi connectivity index (χ2n) is 3.25. The van der Waals surface area contributed by atoms with Crippen LogP contribution >= 0.6 is 0 Å². The van der Waals surface area contributed by atoms with Gasteiger partial charge in [-0.05, 0) is 12.8 Å². The van der Waals surface area contributed by atoms with Gasteiger partial charge in [0.15, 0.2) is 0 Å². The molecule has 2 rings (SSSR count). The second kappa shape index (κ2) is 2.07. The molecule has 0 bridgehead atoms. The summed E-state index contributed by atoms with van der Waals surface area (Å²) >= 11 is 0. The van der Waals surface area contributed by atoms with Gasteiger partial charge in [0.1, 0.15) is 0 Å². The fourth-order valence-electron chi connectivity index (χ4n) is 2.05. The largest absolute Gasteiger partial charge is 0.391 e. The molecule has 2 saturated heterocycles. The molecule has 0 aromatic carbocycles. The van der Waals surface area contributed by atoms with Crippen LogP contribution in [-0.2, 0) is 0 Å². The van der Waals surface area contributed by atoms with Gasteiger partial charge in [-0.1, -0.05) is 12.2 Å². The van der Waals surface area contributed by atoms with Crippen molar-refractivity contribution >= 4 is 0 Å². The Bertz CT molecular complexity index is 167. The average molecular weight is 139 g/mol. The van der Waals surface area contributed by atoms with E-state index in [0.717, 1.165) is 25.9 Å². The van der Waals surface area contributed by atoms with Gasteiger partial charge in [0.25, 0.3) is 0 Å². The Hall–Kier alpha value is -0.340. The van der Waals surface area contributed by atoms with Crippen molar-refractivity contribution in [1.29, 1.82) is 0 Å². The van der Waals surface area contributed by atoms with E-state index >= 15 is 0 Å². The average Bonchev–Trinajstić information content (AvgIpc) is 2.40. The first kappa shape index (κ1) is 6.38. The molecule has 2 heteroatoms. The minimum absolute atomic E-state index is 0.130. The topological polar surface area (TPSA) is 23.5 Å². The molecule has 0 spiro atoms.